The summed E-state index contributed by atoms with van der Waals surface area (Å²) in [6, 6.07) is 6.32. The maximum Gasteiger partial charge on any atom is 0.223 e. The van der Waals surface area contributed by atoms with Crippen LogP contribution in [0.15, 0.2) is 18.2 Å². The van der Waals surface area contributed by atoms with Gasteiger partial charge in [0.2, 0.25) is 5.91 Å². The minimum absolute atomic E-state index is 0.148. The number of benzene rings is 1. The Morgan fingerprint density at radius 3 is 2.33 bits per heavy atom. The summed E-state index contributed by atoms with van der Waals surface area (Å²) < 4.78 is 0. The number of hydrogen-bond acceptors (Lipinski definition) is 1. The van der Waals surface area contributed by atoms with Crippen LogP contribution >= 0.6 is 0 Å². The number of fused-ring (bicyclic) bond motifs is 1. The number of carbonyl (C=O) groups excluding carboxylic acids is 1. The van der Waals surface area contributed by atoms with Crippen molar-refractivity contribution in [2.24, 2.45) is 0 Å². The van der Waals surface area contributed by atoms with Gasteiger partial charge in [-0.2, -0.15) is 0 Å². The van der Waals surface area contributed by atoms with E-state index in [4.69, 9.17) is 0 Å². The van der Waals surface area contributed by atoms with Crippen molar-refractivity contribution < 1.29 is 4.79 Å². The molecule has 2 rings (SSSR count). The van der Waals surface area contributed by atoms with Crippen LogP contribution in [0.2, 0.25) is 0 Å². The van der Waals surface area contributed by atoms with Crippen LogP contribution in [-0.2, 0) is 11.2 Å². The second kappa shape index (κ2) is 8.73. The fraction of sp³-hybridized carbons (Fsp3) is 0.562. The lowest BCUT2D eigenvalue weighted by Gasteiger charge is -2.28. The van der Waals surface area contributed by atoms with E-state index in [1.54, 1.807) is 6.92 Å². The van der Waals surface area contributed by atoms with Crippen molar-refractivity contribution in [3.05, 3.63) is 29.3 Å². The first-order chi connectivity index (χ1) is 8.68. The summed E-state index contributed by atoms with van der Waals surface area (Å²) in [7, 11) is 0. The molecule has 0 spiro atoms. The van der Waals surface area contributed by atoms with Gasteiger partial charge in [-0.25, -0.2) is 0 Å². The van der Waals surface area contributed by atoms with Crippen LogP contribution < -0.4 is 4.90 Å². The van der Waals surface area contributed by atoms with Crippen molar-refractivity contribution in [1.82, 2.24) is 0 Å². The maximum atomic E-state index is 11.4. The highest BCUT2D eigenvalue weighted by molar-refractivity contribution is 5.92. The van der Waals surface area contributed by atoms with Crippen LogP contribution in [0.25, 0.3) is 0 Å². The van der Waals surface area contributed by atoms with Crippen molar-refractivity contribution in [2.45, 2.75) is 54.4 Å². The highest BCUT2D eigenvalue weighted by Gasteiger charge is 2.19. The lowest BCUT2D eigenvalue weighted by molar-refractivity contribution is -0.116. The molecule has 0 aliphatic carbocycles. The van der Waals surface area contributed by atoms with E-state index in [2.05, 4.69) is 25.1 Å². The molecule has 0 N–H and O–H groups in total. The van der Waals surface area contributed by atoms with E-state index in [-0.39, 0.29) is 5.91 Å². The number of anilines is 1. The second-order valence-corrected chi connectivity index (χ2v) is 3.91. The zero-order valence-electron chi connectivity index (χ0n) is 12.7. The van der Waals surface area contributed by atoms with Crippen molar-refractivity contribution in [3.8, 4) is 0 Å². The molecule has 0 saturated heterocycles. The van der Waals surface area contributed by atoms with Gasteiger partial charge in [0.1, 0.15) is 0 Å². The summed E-state index contributed by atoms with van der Waals surface area (Å²) in [5.41, 5.74) is 3.69. The molecule has 0 fully saturated rings. The van der Waals surface area contributed by atoms with E-state index < -0.39 is 0 Å². The Balaban J connectivity index is 0.000000659. The third-order valence-corrected chi connectivity index (χ3v) is 2.73. The number of amides is 1. The molecule has 0 aromatic heterocycles. The number of rotatable bonds is 0. The predicted molar refractivity (Wildman–Crippen MR) is 80.2 cm³/mol. The smallest absolute Gasteiger partial charge is 0.223 e. The highest BCUT2D eigenvalue weighted by atomic mass is 16.2. The predicted octanol–water partition coefficient (Wildman–Crippen LogP) is 4.35. The van der Waals surface area contributed by atoms with E-state index in [0.29, 0.717) is 0 Å². The molecule has 0 atom stereocenters. The molecule has 1 amide bonds. The van der Waals surface area contributed by atoms with Crippen molar-refractivity contribution in [3.63, 3.8) is 0 Å². The van der Waals surface area contributed by atoms with Gasteiger partial charge in [0, 0.05) is 19.2 Å². The number of carbonyl (C=O) groups is 1. The molecule has 0 radical (unpaired) electrons. The largest absolute Gasteiger partial charge is 0.312 e. The summed E-state index contributed by atoms with van der Waals surface area (Å²) in [6.45, 7) is 12.6. The number of hydrogen-bond donors (Lipinski definition) is 0. The zero-order chi connectivity index (χ0) is 14.1. The number of nitrogens with zero attached hydrogens (tertiary/aromatic N) is 1. The Hall–Kier alpha value is -1.31. The minimum atomic E-state index is 0.148. The van der Waals surface area contributed by atoms with Crippen LogP contribution in [0, 0.1) is 6.92 Å². The van der Waals surface area contributed by atoms with E-state index in [0.717, 1.165) is 25.1 Å². The normalized spacial score (nSPS) is 12.4. The van der Waals surface area contributed by atoms with E-state index in [9.17, 15) is 4.79 Å². The van der Waals surface area contributed by atoms with Gasteiger partial charge in [-0.15, -0.1) is 0 Å². The fourth-order valence-corrected chi connectivity index (χ4v) is 2.05. The number of aryl methyl sites for hydroxylation is 2. The first kappa shape index (κ1) is 16.7. The average Bonchev–Trinajstić information content (AvgIpc) is 2.42. The first-order valence-corrected chi connectivity index (χ1v) is 7.06. The van der Waals surface area contributed by atoms with Crippen molar-refractivity contribution in [1.29, 1.82) is 0 Å². The Bertz CT molecular complexity index is 371. The molecular formula is C16H27NO. The summed E-state index contributed by atoms with van der Waals surface area (Å²) >= 11 is 0. The standard InChI is InChI=1S/C12H15NO.2C2H6/c1-9-5-6-12-11(8-9)4-3-7-13(12)10(2)14;2*1-2/h5-6,8H,3-4,7H2,1-2H3;2*1-2H3. The van der Waals surface area contributed by atoms with Crippen LogP contribution in [0.3, 0.4) is 0 Å². The molecule has 2 nitrogen and oxygen atoms in total. The van der Waals surface area contributed by atoms with Gasteiger partial charge in [0.15, 0.2) is 0 Å². The molecule has 1 aliphatic heterocycles. The molecule has 2 heteroatoms. The zero-order valence-corrected chi connectivity index (χ0v) is 12.7. The van der Waals surface area contributed by atoms with Gasteiger partial charge in [0.25, 0.3) is 0 Å². The van der Waals surface area contributed by atoms with Crippen molar-refractivity contribution >= 4 is 11.6 Å². The summed E-state index contributed by atoms with van der Waals surface area (Å²) in [6.07, 6.45) is 2.18. The monoisotopic (exact) mass is 249 g/mol. The van der Waals surface area contributed by atoms with Crippen LogP contribution in [0.4, 0.5) is 5.69 Å². The lowest BCUT2D eigenvalue weighted by Crippen LogP contribution is -2.33. The fourth-order valence-electron chi connectivity index (χ4n) is 2.05. The molecule has 1 aromatic rings. The minimum Gasteiger partial charge on any atom is -0.312 e. The summed E-state index contributed by atoms with van der Waals surface area (Å²) in [4.78, 5) is 13.2. The van der Waals surface area contributed by atoms with Gasteiger partial charge < -0.3 is 4.90 Å². The Morgan fingerprint density at radius 2 is 1.78 bits per heavy atom. The van der Waals surface area contributed by atoms with Crippen LogP contribution in [0.5, 0.6) is 0 Å². The summed E-state index contributed by atoms with van der Waals surface area (Å²) in [5, 5.41) is 0. The van der Waals surface area contributed by atoms with E-state index in [1.165, 1.54) is 11.1 Å². The Labute approximate surface area is 112 Å². The quantitative estimate of drug-likeness (QED) is 0.669. The van der Waals surface area contributed by atoms with Crippen LogP contribution in [0.1, 0.15) is 52.2 Å². The third kappa shape index (κ3) is 4.17. The SMILES string of the molecule is CC.CC.CC(=O)N1CCCc2cc(C)ccc21. The molecule has 1 aromatic carbocycles. The third-order valence-electron chi connectivity index (χ3n) is 2.73. The molecule has 1 aliphatic rings. The average molecular weight is 249 g/mol. The van der Waals surface area contributed by atoms with Crippen molar-refractivity contribution in [2.75, 3.05) is 11.4 Å². The van der Waals surface area contributed by atoms with Gasteiger partial charge in [-0.1, -0.05) is 45.4 Å². The van der Waals surface area contributed by atoms with Gasteiger partial charge >= 0.3 is 0 Å². The van der Waals surface area contributed by atoms with Gasteiger partial charge in [-0.3, -0.25) is 4.79 Å². The molecule has 0 saturated carbocycles. The molecule has 0 bridgehead atoms. The first-order valence-electron chi connectivity index (χ1n) is 7.06. The van der Waals surface area contributed by atoms with Gasteiger partial charge in [0.05, 0.1) is 0 Å². The molecule has 102 valence electrons. The second-order valence-electron chi connectivity index (χ2n) is 3.91. The lowest BCUT2D eigenvalue weighted by atomic mass is 10.00. The van der Waals surface area contributed by atoms with E-state index in [1.807, 2.05) is 32.6 Å². The molecule has 18 heavy (non-hydrogen) atoms. The maximum absolute atomic E-state index is 11.4. The van der Waals surface area contributed by atoms with Crippen LogP contribution in [-0.4, -0.2) is 12.5 Å². The Morgan fingerprint density at radius 1 is 1.17 bits per heavy atom. The van der Waals surface area contributed by atoms with E-state index >= 15 is 0 Å². The molecule has 0 unspecified atom stereocenters. The summed E-state index contributed by atoms with van der Waals surface area (Å²) in [5.74, 6) is 0.148. The highest BCUT2D eigenvalue weighted by Crippen LogP contribution is 2.27. The molecule has 1 heterocycles. The molecular weight excluding hydrogens is 222 g/mol. The topological polar surface area (TPSA) is 20.3 Å². The Kier molecular flexibility index (Phi) is 8.10. The van der Waals surface area contributed by atoms with Gasteiger partial charge in [-0.05, 0) is 31.4 Å².